The molecule has 0 aliphatic heterocycles. The molecule has 100 valence electrons. The van der Waals surface area contributed by atoms with E-state index in [4.69, 9.17) is 11.0 Å². The lowest BCUT2D eigenvalue weighted by Crippen LogP contribution is -2.13. The van der Waals surface area contributed by atoms with Gasteiger partial charge in [0, 0.05) is 7.05 Å². The Kier molecular flexibility index (Phi) is 3.53. The van der Waals surface area contributed by atoms with Gasteiger partial charge in [-0.05, 0) is 24.3 Å². The van der Waals surface area contributed by atoms with E-state index in [9.17, 15) is 10.1 Å². The van der Waals surface area contributed by atoms with Crippen molar-refractivity contribution in [1.82, 2.24) is 0 Å². The zero-order valence-electron chi connectivity index (χ0n) is 10.8. The Labute approximate surface area is 115 Å². The summed E-state index contributed by atoms with van der Waals surface area (Å²) in [5.74, 6) is 0. The molecule has 20 heavy (non-hydrogen) atoms. The molecule has 0 aliphatic carbocycles. The second-order valence-electron chi connectivity index (χ2n) is 4.16. The van der Waals surface area contributed by atoms with Gasteiger partial charge in [0.15, 0.2) is 0 Å². The highest BCUT2D eigenvalue weighted by Gasteiger charge is 2.22. The predicted octanol–water partition coefficient (Wildman–Crippen LogP) is 2.82. The van der Waals surface area contributed by atoms with Crippen LogP contribution in [0.1, 0.15) is 5.56 Å². The number of nitro benzene ring substituents is 1. The summed E-state index contributed by atoms with van der Waals surface area (Å²) in [6, 6.07) is 13.7. The van der Waals surface area contributed by atoms with Gasteiger partial charge in [-0.15, -0.1) is 0 Å². The molecule has 0 aliphatic rings. The summed E-state index contributed by atoms with van der Waals surface area (Å²) in [5, 5.41) is 20.3. The summed E-state index contributed by atoms with van der Waals surface area (Å²) in [4.78, 5) is 12.2. The molecule has 6 nitrogen and oxygen atoms in total. The monoisotopic (exact) mass is 268 g/mol. The van der Waals surface area contributed by atoms with Crippen molar-refractivity contribution in [1.29, 1.82) is 5.26 Å². The molecule has 0 heterocycles. The first-order chi connectivity index (χ1) is 9.56. The van der Waals surface area contributed by atoms with Crippen LogP contribution < -0.4 is 10.6 Å². The van der Waals surface area contributed by atoms with Crippen LogP contribution >= 0.6 is 0 Å². The molecule has 2 N–H and O–H groups in total. The average Bonchev–Trinajstić information content (AvgIpc) is 2.45. The number of nitrogens with zero attached hydrogens (tertiary/aromatic N) is 3. The lowest BCUT2D eigenvalue weighted by molar-refractivity contribution is -0.383. The van der Waals surface area contributed by atoms with Crippen LogP contribution in [0.5, 0.6) is 0 Å². The molecule has 6 heteroatoms. The van der Waals surface area contributed by atoms with Crippen LogP contribution in [-0.2, 0) is 0 Å². The highest BCUT2D eigenvalue weighted by molar-refractivity contribution is 5.81. The summed E-state index contributed by atoms with van der Waals surface area (Å²) in [6.45, 7) is 0. The maximum absolute atomic E-state index is 11.2. The average molecular weight is 268 g/mol. The van der Waals surface area contributed by atoms with Crippen molar-refractivity contribution >= 4 is 22.7 Å². The summed E-state index contributed by atoms with van der Waals surface area (Å²) in [6.07, 6.45) is 0. The lowest BCUT2D eigenvalue weighted by Gasteiger charge is -2.20. The minimum Gasteiger partial charge on any atom is -0.393 e. The number of nitro groups is 1. The topological polar surface area (TPSA) is 96.2 Å². The summed E-state index contributed by atoms with van der Waals surface area (Å²) >= 11 is 0. The molecule has 2 aromatic rings. The van der Waals surface area contributed by atoms with Crippen molar-refractivity contribution < 1.29 is 4.92 Å². The van der Waals surface area contributed by atoms with Crippen LogP contribution in [0, 0.1) is 21.4 Å². The standard InChI is InChI=1S/C14H12N4O2/c1-17(12-7-3-2-5-10(12)9-15)13-8-4-6-11(16)14(13)18(19)20/h2-8H,16H2,1H3. The van der Waals surface area contributed by atoms with E-state index in [1.807, 2.05) is 0 Å². The number of nitrogens with two attached hydrogens (primary N) is 1. The second kappa shape index (κ2) is 5.28. The van der Waals surface area contributed by atoms with Gasteiger partial charge in [0.1, 0.15) is 17.4 Å². The number of para-hydroxylation sites is 2. The molecular formula is C14H12N4O2. The molecule has 0 atom stereocenters. The van der Waals surface area contributed by atoms with Crippen LogP contribution in [0.25, 0.3) is 0 Å². The maximum Gasteiger partial charge on any atom is 0.315 e. The molecule has 0 aromatic heterocycles. The van der Waals surface area contributed by atoms with E-state index >= 15 is 0 Å². The second-order valence-corrected chi connectivity index (χ2v) is 4.16. The number of benzene rings is 2. The van der Waals surface area contributed by atoms with E-state index < -0.39 is 4.92 Å². The van der Waals surface area contributed by atoms with E-state index in [2.05, 4.69) is 6.07 Å². The Morgan fingerprint density at radius 1 is 1.20 bits per heavy atom. The first kappa shape index (κ1) is 13.4. The van der Waals surface area contributed by atoms with Crippen molar-refractivity contribution in [3.8, 4) is 6.07 Å². The third-order valence-corrected chi connectivity index (χ3v) is 2.98. The summed E-state index contributed by atoms with van der Waals surface area (Å²) in [5.41, 5.74) is 6.97. The van der Waals surface area contributed by atoms with Gasteiger partial charge in [-0.1, -0.05) is 18.2 Å². The van der Waals surface area contributed by atoms with Crippen LogP contribution in [-0.4, -0.2) is 12.0 Å². The van der Waals surface area contributed by atoms with Crippen molar-refractivity contribution in [2.24, 2.45) is 0 Å². The summed E-state index contributed by atoms with van der Waals surface area (Å²) < 4.78 is 0. The Bertz CT molecular complexity index is 707. The molecule has 2 rings (SSSR count). The van der Waals surface area contributed by atoms with Gasteiger partial charge < -0.3 is 10.6 Å². The number of rotatable bonds is 3. The van der Waals surface area contributed by atoms with Crippen molar-refractivity contribution in [3.63, 3.8) is 0 Å². The molecule has 0 saturated carbocycles. The van der Waals surface area contributed by atoms with Crippen molar-refractivity contribution in [2.75, 3.05) is 17.7 Å². The number of nitriles is 1. The molecule has 2 aromatic carbocycles. The Balaban J connectivity index is 2.60. The fraction of sp³-hybridized carbons (Fsp3) is 0.0714. The van der Waals surface area contributed by atoms with Gasteiger partial charge >= 0.3 is 5.69 Å². The van der Waals surface area contributed by atoms with E-state index in [1.54, 1.807) is 48.3 Å². The maximum atomic E-state index is 11.2. The molecule has 0 radical (unpaired) electrons. The number of hydrogen-bond donors (Lipinski definition) is 1. The van der Waals surface area contributed by atoms with Gasteiger partial charge in [0.25, 0.3) is 0 Å². The number of anilines is 3. The zero-order valence-corrected chi connectivity index (χ0v) is 10.8. The molecule has 0 spiro atoms. The van der Waals surface area contributed by atoms with E-state index in [0.29, 0.717) is 16.9 Å². The fourth-order valence-electron chi connectivity index (χ4n) is 2.01. The van der Waals surface area contributed by atoms with E-state index in [0.717, 1.165) is 0 Å². The highest BCUT2D eigenvalue weighted by atomic mass is 16.6. The van der Waals surface area contributed by atoms with Crippen LogP contribution in [0.15, 0.2) is 42.5 Å². The van der Waals surface area contributed by atoms with Crippen LogP contribution in [0.4, 0.5) is 22.7 Å². The SMILES string of the molecule is CN(c1ccccc1C#N)c1cccc(N)c1[N+](=O)[O-]. The van der Waals surface area contributed by atoms with E-state index in [-0.39, 0.29) is 11.4 Å². The molecule has 0 amide bonds. The van der Waals surface area contributed by atoms with Crippen molar-refractivity contribution in [3.05, 3.63) is 58.1 Å². The van der Waals surface area contributed by atoms with Gasteiger partial charge in [0.2, 0.25) is 0 Å². The van der Waals surface area contributed by atoms with Gasteiger partial charge in [0.05, 0.1) is 16.2 Å². The first-order valence-corrected chi connectivity index (χ1v) is 5.82. The Morgan fingerprint density at radius 3 is 2.50 bits per heavy atom. The highest BCUT2D eigenvalue weighted by Crippen LogP contribution is 2.37. The Hall–Kier alpha value is -3.07. The molecule has 0 unspecified atom stereocenters. The summed E-state index contributed by atoms with van der Waals surface area (Å²) in [7, 11) is 1.66. The Morgan fingerprint density at radius 2 is 1.85 bits per heavy atom. The fourth-order valence-corrected chi connectivity index (χ4v) is 2.01. The number of hydrogen-bond acceptors (Lipinski definition) is 5. The largest absolute Gasteiger partial charge is 0.393 e. The minimum absolute atomic E-state index is 0.0915. The third kappa shape index (κ3) is 2.24. The van der Waals surface area contributed by atoms with Crippen LogP contribution in [0.2, 0.25) is 0 Å². The molecule has 0 fully saturated rings. The van der Waals surface area contributed by atoms with Crippen LogP contribution in [0.3, 0.4) is 0 Å². The zero-order chi connectivity index (χ0) is 14.7. The third-order valence-electron chi connectivity index (χ3n) is 2.98. The van der Waals surface area contributed by atoms with Gasteiger partial charge in [-0.25, -0.2) is 0 Å². The first-order valence-electron chi connectivity index (χ1n) is 5.82. The van der Waals surface area contributed by atoms with Gasteiger partial charge in [-0.3, -0.25) is 10.1 Å². The lowest BCUT2D eigenvalue weighted by atomic mass is 10.1. The predicted molar refractivity (Wildman–Crippen MR) is 76.7 cm³/mol. The van der Waals surface area contributed by atoms with E-state index in [1.165, 1.54) is 6.07 Å². The molecular weight excluding hydrogens is 256 g/mol. The number of nitrogen functional groups attached to an aromatic ring is 1. The molecule has 0 bridgehead atoms. The minimum atomic E-state index is -0.518. The smallest absolute Gasteiger partial charge is 0.315 e. The normalized spacial score (nSPS) is 9.80. The molecule has 0 saturated heterocycles. The van der Waals surface area contributed by atoms with Gasteiger partial charge in [-0.2, -0.15) is 5.26 Å². The van der Waals surface area contributed by atoms with Crippen molar-refractivity contribution in [2.45, 2.75) is 0 Å². The quantitative estimate of drug-likeness (QED) is 0.524.